The van der Waals surface area contributed by atoms with Crippen molar-refractivity contribution in [1.29, 1.82) is 0 Å². The van der Waals surface area contributed by atoms with Crippen LogP contribution in [0.15, 0.2) is 60.7 Å². The van der Waals surface area contributed by atoms with E-state index in [1.165, 1.54) is 38.9 Å². The molecule has 1 aliphatic rings. The maximum absolute atomic E-state index is 6.09. The summed E-state index contributed by atoms with van der Waals surface area (Å²) in [5, 5.41) is 4.96. The molecule has 2 N–H and O–H groups in total. The Bertz CT molecular complexity index is 1200. The topological polar surface area (TPSA) is 46.3 Å². The van der Waals surface area contributed by atoms with Gasteiger partial charge in [0.1, 0.15) is 18.1 Å². The zero-order valence-electron chi connectivity index (χ0n) is 18.3. The van der Waals surface area contributed by atoms with Crippen LogP contribution in [0, 0.1) is 13.8 Å². The molecule has 0 saturated heterocycles. The summed E-state index contributed by atoms with van der Waals surface area (Å²) in [6.45, 7) is 5.75. The SMILES string of the molecule is COc1c(C)cc(C2NCCc3c2[nH]c2ccc(OCc4ccccc4)cc32)cc1C. The molecule has 4 nitrogen and oxygen atoms in total. The molecular weight excluding hydrogens is 384 g/mol. The molecule has 0 spiro atoms. The lowest BCUT2D eigenvalue weighted by Gasteiger charge is -2.26. The van der Waals surface area contributed by atoms with Crippen LogP contribution in [0.4, 0.5) is 0 Å². The summed E-state index contributed by atoms with van der Waals surface area (Å²) in [7, 11) is 1.74. The van der Waals surface area contributed by atoms with E-state index in [-0.39, 0.29) is 6.04 Å². The number of rotatable bonds is 5. The summed E-state index contributed by atoms with van der Waals surface area (Å²) < 4.78 is 11.6. The first-order chi connectivity index (χ1) is 15.1. The Morgan fingerprint density at radius 2 is 1.74 bits per heavy atom. The van der Waals surface area contributed by atoms with E-state index in [4.69, 9.17) is 9.47 Å². The van der Waals surface area contributed by atoms with Gasteiger partial charge in [0.25, 0.3) is 0 Å². The van der Waals surface area contributed by atoms with Gasteiger partial charge in [0.15, 0.2) is 0 Å². The van der Waals surface area contributed by atoms with Crippen molar-refractivity contribution in [2.75, 3.05) is 13.7 Å². The van der Waals surface area contributed by atoms with E-state index in [2.05, 4.69) is 66.6 Å². The van der Waals surface area contributed by atoms with Gasteiger partial charge in [-0.1, -0.05) is 42.5 Å². The average Bonchev–Trinajstić information content (AvgIpc) is 3.16. The molecule has 4 heteroatoms. The second kappa shape index (κ2) is 8.12. The molecule has 1 aliphatic heterocycles. The van der Waals surface area contributed by atoms with Gasteiger partial charge < -0.3 is 19.8 Å². The van der Waals surface area contributed by atoms with Gasteiger partial charge in [-0.05, 0) is 66.3 Å². The van der Waals surface area contributed by atoms with Gasteiger partial charge in [-0.15, -0.1) is 0 Å². The minimum absolute atomic E-state index is 0.146. The molecule has 0 radical (unpaired) electrons. The lowest BCUT2D eigenvalue weighted by Crippen LogP contribution is -2.30. The van der Waals surface area contributed by atoms with E-state index in [0.29, 0.717) is 6.61 Å². The van der Waals surface area contributed by atoms with Crippen LogP contribution < -0.4 is 14.8 Å². The highest BCUT2D eigenvalue weighted by Gasteiger charge is 2.26. The van der Waals surface area contributed by atoms with E-state index in [9.17, 15) is 0 Å². The fourth-order valence-electron chi connectivity index (χ4n) is 4.79. The molecule has 0 bridgehead atoms. The second-order valence-corrected chi connectivity index (χ2v) is 8.32. The fraction of sp³-hybridized carbons (Fsp3) is 0.259. The second-order valence-electron chi connectivity index (χ2n) is 8.32. The van der Waals surface area contributed by atoms with Gasteiger partial charge >= 0.3 is 0 Å². The molecule has 31 heavy (non-hydrogen) atoms. The number of ether oxygens (including phenoxy) is 2. The van der Waals surface area contributed by atoms with Gasteiger partial charge in [-0.25, -0.2) is 0 Å². The number of hydrogen-bond donors (Lipinski definition) is 2. The van der Waals surface area contributed by atoms with Gasteiger partial charge in [0.05, 0.1) is 13.2 Å². The predicted molar refractivity (Wildman–Crippen MR) is 125 cm³/mol. The van der Waals surface area contributed by atoms with Crippen LogP contribution in [0.25, 0.3) is 10.9 Å². The van der Waals surface area contributed by atoms with Gasteiger partial charge in [0.2, 0.25) is 0 Å². The minimum atomic E-state index is 0.146. The fourth-order valence-corrected chi connectivity index (χ4v) is 4.79. The standard InChI is InChI=1S/C27H28N2O2/c1-17-13-20(14-18(2)27(17)30-3)25-26-22(11-12-28-25)23-15-21(9-10-24(23)29-26)31-16-19-7-5-4-6-8-19/h4-10,13-15,25,28-29H,11-12,16H2,1-3H3. The monoisotopic (exact) mass is 412 g/mol. The first kappa shape index (κ1) is 19.7. The lowest BCUT2D eigenvalue weighted by atomic mass is 9.92. The summed E-state index contributed by atoms with van der Waals surface area (Å²) in [5.41, 5.74) is 8.57. The summed E-state index contributed by atoms with van der Waals surface area (Å²) >= 11 is 0. The highest BCUT2D eigenvalue weighted by atomic mass is 16.5. The molecule has 1 unspecified atom stereocenters. The third-order valence-electron chi connectivity index (χ3n) is 6.19. The van der Waals surface area contributed by atoms with Crippen molar-refractivity contribution in [3.8, 4) is 11.5 Å². The lowest BCUT2D eigenvalue weighted by molar-refractivity contribution is 0.306. The Morgan fingerprint density at radius 3 is 2.48 bits per heavy atom. The molecule has 0 aliphatic carbocycles. The number of H-pyrrole nitrogens is 1. The largest absolute Gasteiger partial charge is 0.496 e. The highest BCUT2D eigenvalue weighted by molar-refractivity contribution is 5.86. The molecule has 5 rings (SSSR count). The van der Waals surface area contributed by atoms with Gasteiger partial charge in [0, 0.05) is 23.1 Å². The smallest absolute Gasteiger partial charge is 0.124 e. The van der Waals surface area contributed by atoms with E-state index in [1.54, 1.807) is 7.11 Å². The third-order valence-corrected chi connectivity index (χ3v) is 6.19. The molecule has 158 valence electrons. The third kappa shape index (κ3) is 3.68. The van der Waals surface area contributed by atoms with Crippen molar-refractivity contribution in [3.05, 3.63) is 94.2 Å². The molecule has 0 fully saturated rings. The van der Waals surface area contributed by atoms with Gasteiger partial charge in [-0.3, -0.25) is 0 Å². The Kier molecular flexibility index (Phi) is 5.16. The molecule has 0 amide bonds. The highest BCUT2D eigenvalue weighted by Crippen LogP contribution is 2.37. The number of benzene rings is 3. The molecular formula is C27H28N2O2. The molecule has 0 saturated carbocycles. The van der Waals surface area contributed by atoms with Crippen molar-refractivity contribution in [2.45, 2.75) is 32.9 Å². The van der Waals surface area contributed by atoms with Crippen LogP contribution in [-0.2, 0) is 13.0 Å². The number of aromatic amines is 1. The maximum Gasteiger partial charge on any atom is 0.124 e. The van der Waals surface area contributed by atoms with Crippen LogP contribution in [0.1, 0.15) is 39.6 Å². The van der Waals surface area contributed by atoms with Crippen LogP contribution in [0.5, 0.6) is 11.5 Å². The van der Waals surface area contributed by atoms with Gasteiger partial charge in [-0.2, -0.15) is 0 Å². The number of nitrogens with one attached hydrogen (secondary N) is 2. The Morgan fingerprint density at radius 1 is 0.968 bits per heavy atom. The normalized spacial score (nSPS) is 15.6. The van der Waals surface area contributed by atoms with Crippen LogP contribution in [0.2, 0.25) is 0 Å². The summed E-state index contributed by atoms with van der Waals surface area (Å²) in [4.78, 5) is 3.68. The number of methoxy groups -OCH3 is 1. The number of hydrogen-bond acceptors (Lipinski definition) is 3. The summed E-state index contributed by atoms with van der Waals surface area (Å²) in [6, 6.07) is 21.3. The van der Waals surface area contributed by atoms with Crippen LogP contribution >= 0.6 is 0 Å². The van der Waals surface area contributed by atoms with Crippen LogP contribution in [0.3, 0.4) is 0 Å². The Hall–Kier alpha value is -3.24. The Balaban J connectivity index is 1.48. The molecule has 2 heterocycles. The van der Waals surface area contributed by atoms with Crippen molar-refractivity contribution in [1.82, 2.24) is 10.3 Å². The number of aryl methyl sites for hydroxylation is 2. The minimum Gasteiger partial charge on any atom is -0.496 e. The molecule has 1 atom stereocenters. The van der Waals surface area contributed by atoms with Crippen LogP contribution in [-0.4, -0.2) is 18.6 Å². The van der Waals surface area contributed by atoms with Crippen molar-refractivity contribution in [2.24, 2.45) is 0 Å². The predicted octanol–water partition coefficient (Wildman–Crippen LogP) is 5.61. The maximum atomic E-state index is 6.09. The van der Waals surface area contributed by atoms with E-state index >= 15 is 0 Å². The van der Waals surface area contributed by atoms with Crippen molar-refractivity contribution < 1.29 is 9.47 Å². The first-order valence-corrected chi connectivity index (χ1v) is 10.8. The van der Waals surface area contributed by atoms with Crippen molar-refractivity contribution in [3.63, 3.8) is 0 Å². The van der Waals surface area contributed by atoms with Crippen molar-refractivity contribution >= 4 is 10.9 Å². The quantitative estimate of drug-likeness (QED) is 0.448. The van der Waals surface area contributed by atoms with E-state index in [0.717, 1.165) is 30.0 Å². The molecule has 1 aromatic heterocycles. The molecule has 3 aromatic carbocycles. The van der Waals surface area contributed by atoms with E-state index in [1.807, 2.05) is 18.2 Å². The summed E-state index contributed by atoms with van der Waals surface area (Å²) in [6.07, 6.45) is 1.00. The average molecular weight is 413 g/mol. The number of aromatic nitrogens is 1. The number of fused-ring (bicyclic) bond motifs is 3. The Labute approximate surface area is 183 Å². The molecule has 4 aromatic rings. The van der Waals surface area contributed by atoms with E-state index < -0.39 is 0 Å². The zero-order valence-corrected chi connectivity index (χ0v) is 18.3. The summed E-state index contributed by atoms with van der Waals surface area (Å²) in [5.74, 6) is 1.88. The zero-order chi connectivity index (χ0) is 21.4. The first-order valence-electron chi connectivity index (χ1n) is 10.8.